The number of carbonyl (C=O) groups is 1. The second kappa shape index (κ2) is 5.28. The lowest BCUT2D eigenvalue weighted by Crippen LogP contribution is -2.39. The van der Waals surface area contributed by atoms with Gasteiger partial charge in [0.25, 0.3) is 0 Å². The maximum atomic E-state index is 11.9. The number of hydrogen-bond donors (Lipinski definition) is 0. The molecule has 0 spiro atoms. The summed E-state index contributed by atoms with van der Waals surface area (Å²) in [6, 6.07) is 7.77. The van der Waals surface area contributed by atoms with Crippen LogP contribution in [-0.2, 0) is 5.54 Å². The maximum Gasteiger partial charge on any atom is 0.185 e. The molecule has 0 bridgehead atoms. The second-order valence-corrected chi connectivity index (χ2v) is 4.64. The van der Waals surface area contributed by atoms with E-state index in [0.717, 1.165) is 17.5 Å². The van der Waals surface area contributed by atoms with Gasteiger partial charge in [-0.25, -0.2) is 0 Å². The van der Waals surface area contributed by atoms with E-state index in [-0.39, 0.29) is 11.3 Å². The summed E-state index contributed by atoms with van der Waals surface area (Å²) in [4.78, 5) is 14.0. The SMILES string of the molecule is C=CC(=O)c1ccccc1C(C)(CC)N(C)C. The first-order valence-electron chi connectivity index (χ1n) is 5.91. The molecule has 0 saturated carbocycles. The third kappa shape index (κ3) is 2.47. The zero-order valence-electron chi connectivity index (χ0n) is 11.2. The predicted octanol–water partition coefficient (Wildman–Crippen LogP) is 3.24. The van der Waals surface area contributed by atoms with Crippen LogP contribution in [0.15, 0.2) is 36.9 Å². The van der Waals surface area contributed by atoms with E-state index in [0.29, 0.717) is 0 Å². The Labute approximate surface area is 104 Å². The van der Waals surface area contributed by atoms with E-state index < -0.39 is 0 Å². The van der Waals surface area contributed by atoms with Crippen LogP contribution >= 0.6 is 0 Å². The van der Waals surface area contributed by atoms with Crippen LogP contribution in [0.5, 0.6) is 0 Å². The molecule has 17 heavy (non-hydrogen) atoms. The molecule has 0 aliphatic rings. The van der Waals surface area contributed by atoms with Crippen molar-refractivity contribution < 1.29 is 4.79 Å². The first kappa shape index (κ1) is 13.7. The van der Waals surface area contributed by atoms with Crippen molar-refractivity contribution in [3.63, 3.8) is 0 Å². The van der Waals surface area contributed by atoms with Crippen LogP contribution in [0.4, 0.5) is 0 Å². The van der Waals surface area contributed by atoms with E-state index in [9.17, 15) is 4.79 Å². The summed E-state index contributed by atoms with van der Waals surface area (Å²) < 4.78 is 0. The molecule has 92 valence electrons. The highest BCUT2D eigenvalue weighted by Crippen LogP contribution is 2.32. The molecule has 1 unspecified atom stereocenters. The van der Waals surface area contributed by atoms with Crippen molar-refractivity contribution in [3.05, 3.63) is 48.0 Å². The number of carbonyl (C=O) groups excluding carboxylic acids is 1. The second-order valence-electron chi connectivity index (χ2n) is 4.64. The van der Waals surface area contributed by atoms with Crippen molar-refractivity contribution in [2.45, 2.75) is 25.8 Å². The molecule has 2 heteroatoms. The molecule has 0 saturated heterocycles. The minimum absolute atomic E-state index is 0.0119. The lowest BCUT2D eigenvalue weighted by atomic mass is 9.83. The summed E-state index contributed by atoms with van der Waals surface area (Å²) in [5.74, 6) is -0.0119. The van der Waals surface area contributed by atoms with Crippen molar-refractivity contribution in [1.82, 2.24) is 4.90 Å². The first-order chi connectivity index (χ1) is 7.97. The third-order valence-corrected chi connectivity index (χ3v) is 3.63. The molecule has 2 nitrogen and oxygen atoms in total. The monoisotopic (exact) mass is 231 g/mol. The van der Waals surface area contributed by atoms with Crippen LogP contribution in [0.3, 0.4) is 0 Å². The molecule has 0 N–H and O–H groups in total. The lowest BCUT2D eigenvalue weighted by molar-refractivity contribution is 0.103. The molecule has 1 aromatic carbocycles. The van der Waals surface area contributed by atoms with E-state index in [1.54, 1.807) is 0 Å². The van der Waals surface area contributed by atoms with Crippen LogP contribution < -0.4 is 0 Å². The predicted molar refractivity (Wildman–Crippen MR) is 72.3 cm³/mol. The van der Waals surface area contributed by atoms with Gasteiger partial charge in [-0.1, -0.05) is 37.8 Å². The van der Waals surface area contributed by atoms with E-state index in [1.165, 1.54) is 6.08 Å². The summed E-state index contributed by atoms with van der Waals surface area (Å²) in [5.41, 5.74) is 1.69. The average molecular weight is 231 g/mol. The van der Waals surface area contributed by atoms with Gasteiger partial charge in [-0.05, 0) is 39.1 Å². The van der Waals surface area contributed by atoms with E-state index in [2.05, 4.69) is 25.3 Å². The fourth-order valence-electron chi connectivity index (χ4n) is 2.03. The normalized spacial score (nSPS) is 14.4. The smallest absolute Gasteiger partial charge is 0.185 e. The number of benzene rings is 1. The Bertz CT molecular complexity index is 423. The number of allylic oxidation sites excluding steroid dienone is 1. The summed E-state index contributed by atoms with van der Waals surface area (Å²) in [6.07, 6.45) is 2.33. The molecule has 0 aliphatic heterocycles. The van der Waals surface area contributed by atoms with Gasteiger partial charge in [0.1, 0.15) is 0 Å². The van der Waals surface area contributed by atoms with Crippen molar-refractivity contribution in [2.75, 3.05) is 14.1 Å². The van der Waals surface area contributed by atoms with Crippen LogP contribution in [0.25, 0.3) is 0 Å². The van der Waals surface area contributed by atoms with Gasteiger partial charge < -0.3 is 0 Å². The fourth-order valence-corrected chi connectivity index (χ4v) is 2.03. The van der Waals surface area contributed by atoms with Gasteiger partial charge in [0, 0.05) is 11.1 Å². The molecular weight excluding hydrogens is 210 g/mol. The molecule has 1 aromatic rings. The topological polar surface area (TPSA) is 20.3 Å². The van der Waals surface area contributed by atoms with Gasteiger partial charge in [-0.3, -0.25) is 9.69 Å². The average Bonchev–Trinajstić information content (AvgIpc) is 2.36. The fraction of sp³-hybridized carbons (Fsp3) is 0.400. The van der Waals surface area contributed by atoms with Crippen molar-refractivity contribution in [2.24, 2.45) is 0 Å². The van der Waals surface area contributed by atoms with Gasteiger partial charge in [0.2, 0.25) is 0 Å². The van der Waals surface area contributed by atoms with Crippen LogP contribution in [0.1, 0.15) is 36.2 Å². The number of ketones is 1. The minimum Gasteiger partial charge on any atom is -0.300 e. The van der Waals surface area contributed by atoms with Crippen molar-refractivity contribution in [1.29, 1.82) is 0 Å². The Kier molecular flexibility index (Phi) is 4.24. The molecule has 0 fully saturated rings. The largest absolute Gasteiger partial charge is 0.300 e. The van der Waals surface area contributed by atoms with Crippen LogP contribution in [0.2, 0.25) is 0 Å². The van der Waals surface area contributed by atoms with Crippen molar-refractivity contribution >= 4 is 5.78 Å². The van der Waals surface area contributed by atoms with E-state index in [1.807, 2.05) is 38.4 Å². The Balaban J connectivity index is 3.39. The molecule has 0 radical (unpaired) electrons. The zero-order chi connectivity index (χ0) is 13.1. The van der Waals surface area contributed by atoms with Gasteiger partial charge in [0.05, 0.1) is 0 Å². The van der Waals surface area contributed by atoms with Crippen molar-refractivity contribution in [3.8, 4) is 0 Å². The molecule has 0 amide bonds. The van der Waals surface area contributed by atoms with Gasteiger partial charge >= 0.3 is 0 Å². The Morgan fingerprint density at radius 3 is 2.47 bits per heavy atom. The summed E-state index contributed by atoms with van der Waals surface area (Å²) in [7, 11) is 4.08. The Morgan fingerprint density at radius 2 is 2.00 bits per heavy atom. The van der Waals surface area contributed by atoms with Crippen LogP contribution in [-0.4, -0.2) is 24.8 Å². The molecule has 0 heterocycles. The summed E-state index contributed by atoms with van der Waals surface area (Å²) >= 11 is 0. The molecule has 0 aromatic heterocycles. The highest BCUT2D eigenvalue weighted by atomic mass is 16.1. The third-order valence-electron chi connectivity index (χ3n) is 3.63. The number of nitrogens with zero attached hydrogens (tertiary/aromatic N) is 1. The highest BCUT2D eigenvalue weighted by molar-refractivity contribution is 6.05. The Morgan fingerprint density at radius 1 is 1.41 bits per heavy atom. The molecule has 0 aliphatic carbocycles. The summed E-state index contributed by atoms with van der Waals surface area (Å²) in [5, 5.41) is 0. The van der Waals surface area contributed by atoms with Gasteiger partial charge in [-0.2, -0.15) is 0 Å². The number of hydrogen-bond acceptors (Lipinski definition) is 2. The van der Waals surface area contributed by atoms with E-state index in [4.69, 9.17) is 0 Å². The highest BCUT2D eigenvalue weighted by Gasteiger charge is 2.30. The quantitative estimate of drug-likeness (QED) is 0.572. The molecular formula is C15H21NO. The molecule has 1 rings (SSSR count). The Hall–Kier alpha value is -1.41. The first-order valence-corrected chi connectivity index (χ1v) is 5.91. The standard InChI is InChI=1S/C15H21NO/c1-6-14(17)12-10-8-9-11-13(12)15(3,7-2)16(4)5/h6,8-11H,1,7H2,2-5H3. The zero-order valence-corrected chi connectivity index (χ0v) is 11.2. The maximum absolute atomic E-state index is 11.9. The van der Waals surface area contributed by atoms with Gasteiger partial charge in [-0.15, -0.1) is 0 Å². The molecule has 1 atom stereocenters. The lowest BCUT2D eigenvalue weighted by Gasteiger charge is -2.37. The number of rotatable bonds is 5. The van der Waals surface area contributed by atoms with E-state index >= 15 is 0 Å². The van der Waals surface area contributed by atoms with Crippen LogP contribution in [0, 0.1) is 0 Å². The van der Waals surface area contributed by atoms with Gasteiger partial charge in [0.15, 0.2) is 5.78 Å². The minimum atomic E-state index is -0.130. The summed E-state index contributed by atoms with van der Waals surface area (Å²) in [6.45, 7) is 7.86.